The van der Waals surface area contributed by atoms with Gasteiger partial charge in [-0.2, -0.15) is 0 Å². The van der Waals surface area contributed by atoms with E-state index in [2.05, 4.69) is 5.32 Å². The van der Waals surface area contributed by atoms with E-state index in [1.807, 2.05) is 20.8 Å². The minimum absolute atomic E-state index is 0.00578. The van der Waals surface area contributed by atoms with Crippen LogP contribution in [0.1, 0.15) is 56.5 Å². The molecule has 3 amide bonds. The van der Waals surface area contributed by atoms with Gasteiger partial charge >= 0.3 is 0 Å². The van der Waals surface area contributed by atoms with Crippen LogP contribution in [0.4, 0.5) is 0 Å². The maximum atomic E-state index is 13.5. The van der Waals surface area contributed by atoms with Crippen LogP contribution in [0.25, 0.3) is 0 Å². The summed E-state index contributed by atoms with van der Waals surface area (Å²) in [6, 6.07) is 9.93. The number of sulfonamides is 1. The number of nitrogens with one attached hydrogen (secondary N) is 1. The molecule has 0 spiro atoms. The molecule has 0 aliphatic carbocycles. The number of carbonyl (C=O) groups is 3. The Balaban J connectivity index is 1.87. The topological polar surface area (TPSA) is 104 Å². The first-order valence-electron chi connectivity index (χ1n) is 11.5. The molecule has 8 nitrogen and oxygen atoms in total. The fourth-order valence-electron chi connectivity index (χ4n) is 4.00. The molecule has 1 aliphatic heterocycles. The highest BCUT2D eigenvalue weighted by Crippen LogP contribution is 2.30. The van der Waals surface area contributed by atoms with E-state index in [1.165, 1.54) is 23.1 Å². The summed E-state index contributed by atoms with van der Waals surface area (Å²) in [5.74, 6) is -1.51. The van der Waals surface area contributed by atoms with Gasteiger partial charge in [0, 0.05) is 35.1 Å². The Morgan fingerprint density at radius 3 is 2.36 bits per heavy atom. The van der Waals surface area contributed by atoms with E-state index in [1.54, 1.807) is 31.2 Å². The van der Waals surface area contributed by atoms with Gasteiger partial charge in [0.05, 0.1) is 5.56 Å². The molecule has 1 N–H and O–H groups in total. The van der Waals surface area contributed by atoms with Gasteiger partial charge in [-0.3, -0.25) is 14.4 Å². The zero-order chi connectivity index (χ0) is 26.8. The van der Waals surface area contributed by atoms with Crippen molar-refractivity contribution >= 4 is 50.9 Å². The summed E-state index contributed by atoms with van der Waals surface area (Å²) in [7, 11) is -4.06. The maximum Gasteiger partial charge on any atom is 0.269 e. The van der Waals surface area contributed by atoms with E-state index in [4.69, 9.17) is 23.2 Å². The summed E-state index contributed by atoms with van der Waals surface area (Å²) in [5, 5.41) is 3.66. The predicted octanol–water partition coefficient (Wildman–Crippen LogP) is 4.25. The van der Waals surface area contributed by atoms with Crippen molar-refractivity contribution < 1.29 is 22.8 Å². The highest BCUT2D eigenvalue weighted by Gasteiger charge is 2.41. The molecule has 2 aromatic rings. The molecular formula is C25H29Cl2N3O5S. The number of halogens is 2. The van der Waals surface area contributed by atoms with Crippen LogP contribution in [0.3, 0.4) is 0 Å². The number of hydrogen-bond donors (Lipinski definition) is 1. The lowest BCUT2D eigenvalue weighted by Crippen LogP contribution is -2.53. The van der Waals surface area contributed by atoms with Gasteiger partial charge < -0.3 is 10.2 Å². The number of amides is 3. The van der Waals surface area contributed by atoms with Crippen molar-refractivity contribution in [3.05, 3.63) is 63.6 Å². The molecule has 1 heterocycles. The van der Waals surface area contributed by atoms with Crippen LogP contribution in [0, 0.1) is 0 Å². The van der Waals surface area contributed by atoms with Crippen LogP contribution >= 0.6 is 23.2 Å². The van der Waals surface area contributed by atoms with Gasteiger partial charge in [0.15, 0.2) is 0 Å². The molecule has 0 saturated heterocycles. The average Bonchev–Trinajstić information content (AvgIpc) is 2.97. The van der Waals surface area contributed by atoms with Gasteiger partial charge in [0.2, 0.25) is 11.8 Å². The lowest BCUT2D eigenvalue weighted by atomic mass is 10.1. The first-order valence-corrected chi connectivity index (χ1v) is 13.7. The standard InChI is InChI=1S/C25H29Cl2N3O5S/c1-5-20(23(32)28-25(2,3)4)29(15-16-10-11-17(26)14-19(16)27)22(31)12-13-30-24(33)18-8-6-7-9-21(18)36(30,34)35/h6-11,14,20H,5,12-13,15H2,1-4H3,(H,28,32). The Morgan fingerprint density at radius 1 is 1.11 bits per heavy atom. The molecule has 0 radical (unpaired) electrons. The molecular weight excluding hydrogens is 525 g/mol. The summed E-state index contributed by atoms with van der Waals surface area (Å²) in [5.41, 5.74) is 0.123. The highest BCUT2D eigenvalue weighted by atomic mass is 35.5. The summed E-state index contributed by atoms with van der Waals surface area (Å²) in [6.45, 7) is 6.94. The van der Waals surface area contributed by atoms with Crippen LogP contribution in [0.15, 0.2) is 47.4 Å². The molecule has 1 unspecified atom stereocenters. The Labute approximate surface area is 221 Å². The third-order valence-corrected chi connectivity index (χ3v) is 8.11. The van der Waals surface area contributed by atoms with Gasteiger partial charge in [-0.25, -0.2) is 12.7 Å². The molecule has 194 valence electrons. The van der Waals surface area contributed by atoms with Gasteiger partial charge in [-0.15, -0.1) is 0 Å². The number of hydrogen-bond acceptors (Lipinski definition) is 5. The summed E-state index contributed by atoms with van der Waals surface area (Å²) in [6.07, 6.45) is 0.00864. The quantitative estimate of drug-likeness (QED) is 0.526. The number of rotatable bonds is 8. The normalized spacial score (nSPS) is 15.4. The maximum absolute atomic E-state index is 13.5. The highest BCUT2D eigenvalue weighted by molar-refractivity contribution is 7.90. The molecule has 11 heteroatoms. The zero-order valence-corrected chi connectivity index (χ0v) is 22.9. The van der Waals surface area contributed by atoms with Crippen molar-refractivity contribution in [2.24, 2.45) is 0 Å². The fourth-order valence-corrected chi connectivity index (χ4v) is 6.04. The van der Waals surface area contributed by atoms with Crippen molar-refractivity contribution in [2.75, 3.05) is 6.54 Å². The Morgan fingerprint density at radius 2 is 1.78 bits per heavy atom. The number of carbonyl (C=O) groups excluding carboxylic acids is 3. The largest absolute Gasteiger partial charge is 0.350 e. The smallest absolute Gasteiger partial charge is 0.269 e. The van der Waals surface area contributed by atoms with E-state index in [9.17, 15) is 22.8 Å². The first kappa shape index (κ1) is 28.0. The van der Waals surface area contributed by atoms with Crippen LogP contribution in [0.2, 0.25) is 10.0 Å². The van der Waals surface area contributed by atoms with Crippen molar-refractivity contribution in [1.29, 1.82) is 0 Å². The molecule has 0 aromatic heterocycles. The third kappa shape index (κ3) is 6.02. The van der Waals surface area contributed by atoms with Crippen LogP contribution < -0.4 is 5.32 Å². The van der Waals surface area contributed by atoms with E-state index >= 15 is 0 Å². The molecule has 2 aromatic carbocycles. The first-order chi connectivity index (χ1) is 16.8. The molecule has 0 bridgehead atoms. The minimum Gasteiger partial charge on any atom is -0.350 e. The molecule has 0 saturated carbocycles. The molecule has 1 atom stereocenters. The van der Waals surface area contributed by atoms with E-state index < -0.39 is 33.4 Å². The van der Waals surface area contributed by atoms with Crippen molar-refractivity contribution in [3.8, 4) is 0 Å². The van der Waals surface area contributed by atoms with Crippen LogP contribution in [0.5, 0.6) is 0 Å². The Kier molecular flexibility index (Phi) is 8.37. The monoisotopic (exact) mass is 553 g/mol. The molecule has 1 aliphatic rings. The number of benzene rings is 2. The van der Waals surface area contributed by atoms with Crippen molar-refractivity contribution in [2.45, 2.75) is 63.6 Å². The van der Waals surface area contributed by atoms with Crippen LogP contribution in [-0.4, -0.2) is 53.5 Å². The lowest BCUT2D eigenvalue weighted by molar-refractivity contribution is -0.142. The second kappa shape index (κ2) is 10.8. The zero-order valence-electron chi connectivity index (χ0n) is 20.5. The summed E-state index contributed by atoms with van der Waals surface area (Å²) < 4.78 is 26.5. The second-order valence-corrected chi connectivity index (χ2v) is 12.2. The van der Waals surface area contributed by atoms with Crippen molar-refractivity contribution in [1.82, 2.24) is 14.5 Å². The molecule has 36 heavy (non-hydrogen) atoms. The van der Waals surface area contributed by atoms with Gasteiger partial charge in [0.25, 0.3) is 15.9 Å². The SMILES string of the molecule is CCC(C(=O)NC(C)(C)C)N(Cc1ccc(Cl)cc1Cl)C(=O)CCN1C(=O)c2ccccc2S1(=O)=O. The Bertz CT molecular complexity index is 1290. The number of nitrogens with zero attached hydrogens (tertiary/aromatic N) is 2. The van der Waals surface area contributed by atoms with E-state index in [0.29, 0.717) is 26.3 Å². The van der Waals surface area contributed by atoms with Gasteiger partial charge in [-0.1, -0.05) is 48.3 Å². The predicted molar refractivity (Wildman–Crippen MR) is 138 cm³/mol. The Hall–Kier alpha value is -2.62. The van der Waals surface area contributed by atoms with E-state index in [0.717, 1.165) is 0 Å². The molecule has 0 fully saturated rings. The second-order valence-electron chi connectivity index (χ2n) is 9.55. The number of fused-ring (bicyclic) bond motifs is 1. The molecule has 3 rings (SSSR count). The minimum atomic E-state index is -4.06. The van der Waals surface area contributed by atoms with Gasteiger partial charge in [-0.05, 0) is 57.0 Å². The summed E-state index contributed by atoms with van der Waals surface area (Å²) >= 11 is 12.4. The van der Waals surface area contributed by atoms with Gasteiger partial charge in [0.1, 0.15) is 10.9 Å². The third-order valence-electron chi connectivity index (χ3n) is 5.68. The lowest BCUT2D eigenvalue weighted by Gasteiger charge is -2.33. The fraction of sp³-hybridized carbons (Fsp3) is 0.400. The van der Waals surface area contributed by atoms with Crippen molar-refractivity contribution in [3.63, 3.8) is 0 Å². The van der Waals surface area contributed by atoms with E-state index in [-0.39, 0.29) is 35.9 Å². The average molecular weight is 554 g/mol. The van der Waals surface area contributed by atoms with Crippen LogP contribution in [-0.2, 0) is 26.2 Å². The summed E-state index contributed by atoms with van der Waals surface area (Å²) in [4.78, 5) is 40.6.